The molecule has 1 fully saturated rings. The maximum Gasteiger partial charge on any atom is 0.324 e. The number of aryl methyl sites for hydroxylation is 2. The van der Waals surface area contributed by atoms with Crippen molar-refractivity contribution in [2.75, 3.05) is 26.2 Å². The van der Waals surface area contributed by atoms with Crippen molar-refractivity contribution in [2.24, 2.45) is 0 Å². The second kappa shape index (κ2) is 6.86. The molecule has 1 unspecified atom stereocenters. The minimum atomic E-state index is -0.177. The van der Waals surface area contributed by atoms with Crippen LogP contribution in [0.5, 0.6) is 0 Å². The van der Waals surface area contributed by atoms with E-state index in [0.717, 1.165) is 19.6 Å². The average molecular weight is 276 g/mol. The second-order valence-electron chi connectivity index (χ2n) is 5.37. The molecule has 4 nitrogen and oxygen atoms in total. The van der Waals surface area contributed by atoms with E-state index < -0.39 is 0 Å². The van der Waals surface area contributed by atoms with Gasteiger partial charge in [-0.15, -0.1) is 0 Å². The molecule has 0 aliphatic carbocycles. The molecular weight excluding hydrogens is 252 g/mol. The van der Waals surface area contributed by atoms with Gasteiger partial charge in [-0.2, -0.15) is 0 Å². The summed E-state index contributed by atoms with van der Waals surface area (Å²) < 4.78 is 5.18. The molecule has 2 rings (SSSR count). The highest BCUT2D eigenvalue weighted by Crippen LogP contribution is 2.16. The summed E-state index contributed by atoms with van der Waals surface area (Å²) in [5, 5.41) is 3.27. The van der Waals surface area contributed by atoms with E-state index in [9.17, 15) is 4.79 Å². The van der Waals surface area contributed by atoms with Gasteiger partial charge in [-0.3, -0.25) is 9.69 Å². The first-order valence-corrected chi connectivity index (χ1v) is 7.29. The van der Waals surface area contributed by atoms with Gasteiger partial charge in [-0.25, -0.2) is 0 Å². The Bertz CT molecular complexity index is 474. The van der Waals surface area contributed by atoms with Crippen LogP contribution in [-0.4, -0.2) is 43.2 Å². The van der Waals surface area contributed by atoms with Gasteiger partial charge >= 0.3 is 5.97 Å². The zero-order valence-electron chi connectivity index (χ0n) is 12.6. The molecule has 0 bridgehead atoms. The number of nitrogens with one attached hydrogen (secondary N) is 1. The molecule has 4 heteroatoms. The van der Waals surface area contributed by atoms with Gasteiger partial charge in [0.25, 0.3) is 0 Å². The standard InChI is InChI=1S/C16H24N2O2/c1-4-20-16(19)15-10-17-7-8-18(15)11-14-9-12(2)5-6-13(14)3/h5-6,9,15,17H,4,7-8,10-11H2,1-3H3. The van der Waals surface area contributed by atoms with Gasteiger partial charge in [-0.1, -0.05) is 23.8 Å². The first kappa shape index (κ1) is 15.0. The summed E-state index contributed by atoms with van der Waals surface area (Å²) in [5.74, 6) is -0.120. The van der Waals surface area contributed by atoms with Crippen LogP contribution in [0.4, 0.5) is 0 Å². The molecule has 0 radical (unpaired) electrons. The number of esters is 1. The van der Waals surface area contributed by atoms with Gasteiger partial charge in [0.2, 0.25) is 0 Å². The fourth-order valence-electron chi connectivity index (χ4n) is 2.60. The fourth-order valence-corrected chi connectivity index (χ4v) is 2.60. The maximum absolute atomic E-state index is 12.0. The highest BCUT2D eigenvalue weighted by molar-refractivity contribution is 5.76. The molecule has 1 aliphatic heterocycles. The van der Waals surface area contributed by atoms with E-state index in [4.69, 9.17) is 4.74 Å². The largest absolute Gasteiger partial charge is 0.465 e. The Morgan fingerprint density at radius 1 is 1.45 bits per heavy atom. The number of nitrogens with zero attached hydrogens (tertiary/aromatic N) is 1. The van der Waals surface area contributed by atoms with Gasteiger partial charge in [-0.05, 0) is 31.9 Å². The quantitative estimate of drug-likeness (QED) is 0.849. The summed E-state index contributed by atoms with van der Waals surface area (Å²) in [4.78, 5) is 14.3. The predicted octanol–water partition coefficient (Wildman–Crippen LogP) is 1.64. The third-order valence-electron chi connectivity index (χ3n) is 3.79. The van der Waals surface area contributed by atoms with Gasteiger partial charge in [0.1, 0.15) is 6.04 Å². The van der Waals surface area contributed by atoms with E-state index in [1.165, 1.54) is 16.7 Å². The van der Waals surface area contributed by atoms with Crippen LogP contribution in [0.1, 0.15) is 23.6 Å². The third-order valence-corrected chi connectivity index (χ3v) is 3.79. The Morgan fingerprint density at radius 3 is 3.00 bits per heavy atom. The second-order valence-corrected chi connectivity index (χ2v) is 5.37. The molecule has 110 valence electrons. The van der Waals surface area contributed by atoms with Crippen molar-refractivity contribution in [1.82, 2.24) is 10.2 Å². The molecule has 1 aromatic rings. The molecule has 1 aromatic carbocycles. The lowest BCUT2D eigenvalue weighted by Gasteiger charge is -2.34. The Morgan fingerprint density at radius 2 is 2.25 bits per heavy atom. The topological polar surface area (TPSA) is 41.6 Å². The summed E-state index contributed by atoms with van der Waals surface area (Å²) in [6, 6.07) is 6.30. The number of hydrogen-bond donors (Lipinski definition) is 1. The normalized spacial score (nSPS) is 19.9. The van der Waals surface area contributed by atoms with Crippen LogP contribution in [0.15, 0.2) is 18.2 Å². The minimum absolute atomic E-state index is 0.120. The molecule has 0 amide bonds. The zero-order chi connectivity index (χ0) is 14.5. The summed E-state index contributed by atoms with van der Waals surface area (Å²) >= 11 is 0. The van der Waals surface area contributed by atoms with Crippen LogP contribution in [-0.2, 0) is 16.1 Å². The number of ether oxygens (including phenoxy) is 1. The van der Waals surface area contributed by atoms with Crippen molar-refractivity contribution in [3.8, 4) is 0 Å². The fraction of sp³-hybridized carbons (Fsp3) is 0.562. The van der Waals surface area contributed by atoms with Crippen LogP contribution < -0.4 is 5.32 Å². The minimum Gasteiger partial charge on any atom is -0.465 e. The van der Waals surface area contributed by atoms with E-state index in [2.05, 4.69) is 42.3 Å². The summed E-state index contributed by atoms with van der Waals surface area (Å²) in [7, 11) is 0. The van der Waals surface area contributed by atoms with Crippen LogP contribution in [0.25, 0.3) is 0 Å². The number of carbonyl (C=O) groups is 1. The average Bonchev–Trinajstić information content (AvgIpc) is 2.44. The molecule has 1 saturated heterocycles. The molecule has 0 aromatic heterocycles. The van der Waals surface area contributed by atoms with E-state index in [1.807, 2.05) is 6.92 Å². The Kier molecular flexibility index (Phi) is 5.15. The van der Waals surface area contributed by atoms with Crippen molar-refractivity contribution in [2.45, 2.75) is 33.4 Å². The predicted molar refractivity (Wildman–Crippen MR) is 79.6 cm³/mol. The monoisotopic (exact) mass is 276 g/mol. The van der Waals surface area contributed by atoms with Crippen LogP contribution in [0.3, 0.4) is 0 Å². The van der Waals surface area contributed by atoms with Crippen LogP contribution >= 0.6 is 0 Å². The van der Waals surface area contributed by atoms with Gasteiger partial charge in [0.05, 0.1) is 6.61 Å². The summed E-state index contributed by atoms with van der Waals surface area (Å²) in [5.41, 5.74) is 3.83. The highest BCUT2D eigenvalue weighted by Gasteiger charge is 2.29. The lowest BCUT2D eigenvalue weighted by molar-refractivity contribution is -0.150. The number of hydrogen-bond acceptors (Lipinski definition) is 4. The number of piperazine rings is 1. The van der Waals surface area contributed by atoms with E-state index in [1.54, 1.807) is 0 Å². The first-order valence-electron chi connectivity index (χ1n) is 7.29. The molecule has 1 aliphatic rings. The lowest BCUT2D eigenvalue weighted by Crippen LogP contribution is -2.54. The Hall–Kier alpha value is -1.39. The summed E-state index contributed by atoms with van der Waals surface area (Å²) in [6.07, 6.45) is 0. The van der Waals surface area contributed by atoms with E-state index in [0.29, 0.717) is 13.2 Å². The van der Waals surface area contributed by atoms with Gasteiger partial charge in [0, 0.05) is 26.2 Å². The highest BCUT2D eigenvalue weighted by atomic mass is 16.5. The van der Waals surface area contributed by atoms with E-state index in [-0.39, 0.29) is 12.0 Å². The van der Waals surface area contributed by atoms with Crippen molar-refractivity contribution in [3.05, 3.63) is 34.9 Å². The molecule has 1 heterocycles. The number of benzene rings is 1. The zero-order valence-corrected chi connectivity index (χ0v) is 12.6. The number of carbonyl (C=O) groups excluding carboxylic acids is 1. The number of rotatable bonds is 4. The summed E-state index contributed by atoms with van der Waals surface area (Å²) in [6.45, 7) is 9.77. The van der Waals surface area contributed by atoms with Crippen molar-refractivity contribution in [3.63, 3.8) is 0 Å². The third kappa shape index (κ3) is 3.58. The maximum atomic E-state index is 12.0. The first-order chi connectivity index (χ1) is 9.61. The molecule has 1 atom stereocenters. The Balaban J connectivity index is 2.12. The molecule has 0 spiro atoms. The molecule has 0 saturated carbocycles. The van der Waals surface area contributed by atoms with E-state index >= 15 is 0 Å². The SMILES string of the molecule is CCOC(=O)C1CNCCN1Cc1cc(C)ccc1C. The van der Waals surface area contributed by atoms with Gasteiger partial charge < -0.3 is 10.1 Å². The van der Waals surface area contributed by atoms with Gasteiger partial charge in [0.15, 0.2) is 0 Å². The lowest BCUT2D eigenvalue weighted by atomic mass is 10.0. The molecule has 20 heavy (non-hydrogen) atoms. The smallest absolute Gasteiger partial charge is 0.324 e. The van der Waals surface area contributed by atoms with Crippen LogP contribution in [0, 0.1) is 13.8 Å². The molecule has 1 N–H and O–H groups in total. The van der Waals surface area contributed by atoms with Crippen molar-refractivity contribution < 1.29 is 9.53 Å². The molecular formula is C16H24N2O2. The van der Waals surface area contributed by atoms with Crippen LogP contribution in [0.2, 0.25) is 0 Å². The van der Waals surface area contributed by atoms with Crippen molar-refractivity contribution in [1.29, 1.82) is 0 Å². The van der Waals surface area contributed by atoms with Crippen molar-refractivity contribution >= 4 is 5.97 Å². The Labute approximate surface area is 121 Å².